The number of aromatic nitrogens is 1. The predicted octanol–water partition coefficient (Wildman–Crippen LogP) is 3.50. The standard InChI is InChI=1S/C18H18F2N2O2/c1-3-5-10-9-22-13-7-6-12(19)16(20)11(13)8-14(22)17(21)15(10)18(23)24-4-2/h5-8H,3-4,9,21H2,1-2H3/b10-5-. The van der Waals surface area contributed by atoms with Crippen molar-refractivity contribution < 1.29 is 18.3 Å². The number of nitrogens with zero attached hydrogens (tertiary/aromatic N) is 1. The lowest BCUT2D eigenvalue weighted by atomic mass is 9.98. The van der Waals surface area contributed by atoms with Gasteiger partial charge in [-0.25, -0.2) is 13.6 Å². The summed E-state index contributed by atoms with van der Waals surface area (Å²) in [5.74, 6) is -2.33. The molecule has 3 rings (SSSR count). The number of carbonyl (C=O) groups is 1. The summed E-state index contributed by atoms with van der Waals surface area (Å²) in [6.45, 7) is 4.25. The molecule has 1 aliphatic rings. The van der Waals surface area contributed by atoms with Crippen molar-refractivity contribution in [1.82, 2.24) is 4.57 Å². The van der Waals surface area contributed by atoms with Crippen molar-refractivity contribution in [2.45, 2.75) is 26.8 Å². The van der Waals surface area contributed by atoms with E-state index in [1.54, 1.807) is 11.5 Å². The molecule has 0 unspecified atom stereocenters. The quantitative estimate of drug-likeness (QED) is 0.875. The van der Waals surface area contributed by atoms with Crippen molar-refractivity contribution in [3.8, 4) is 0 Å². The van der Waals surface area contributed by atoms with Crippen LogP contribution in [0.25, 0.3) is 16.6 Å². The number of ether oxygens (including phenoxy) is 1. The van der Waals surface area contributed by atoms with Crippen LogP contribution in [-0.4, -0.2) is 17.1 Å². The summed E-state index contributed by atoms with van der Waals surface area (Å²) < 4.78 is 34.5. The first-order valence-electron chi connectivity index (χ1n) is 7.83. The first kappa shape index (κ1) is 16.2. The molecule has 0 bridgehead atoms. The number of halogens is 2. The first-order valence-corrected chi connectivity index (χ1v) is 7.83. The van der Waals surface area contributed by atoms with E-state index in [0.717, 1.165) is 11.6 Å². The maximum Gasteiger partial charge on any atom is 0.340 e. The third kappa shape index (κ3) is 2.38. The maximum atomic E-state index is 14.1. The highest BCUT2D eigenvalue weighted by Crippen LogP contribution is 2.35. The molecular weight excluding hydrogens is 314 g/mol. The van der Waals surface area contributed by atoms with Crippen LogP contribution in [0.2, 0.25) is 0 Å². The molecule has 2 aromatic rings. The van der Waals surface area contributed by atoms with E-state index in [0.29, 0.717) is 29.7 Å². The Hall–Kier alpha value is -2.63. The molecule has 2 heterocycles. The van der Waals surface area contributed by atoms with Crippen LogP contribution in [0.5, 0.6) is 0 Å². The molecule has 1 aromatic carbocycles. The van der Waals surface area contributed by atoms with Crippen LogP contribution in [0.3, 0.4) is 0 Å². The molecule has 0 atom stereocenters. The first-order chi connectivity index (χ1) is 11.5. The van der Waals surface area contributed by atoms with E-state index < -0.39 is 17.6 Å². The van der Waals surface area contributed by atoms with Gasteiger partial charge in [-0.15, -0.1) is 0 Å². The van der Waals surface area contributed by atoms with Gasteiger partial charge in [-0.2, -0.15) is 0 Å². The fraction of sp³-hybridized carbons (Fsp3) is 0.278. The number of fused-ring (bicyclic) bond motifs is 3. The maximum absolute atomic E-state index is 14.1. The largest absolute Gasteiger partial charge is 0.462 e. The minimum absolute atomic E-state index is 0.147. The van der Waals surface area contributed by atoms with Crippen molar-refractivity contribution in [2.75, 3.05) is 6.61 Å². The van der Waals surface area contributed by atoms with Crippen molar-refractivity contribution >= 4 is 22.6 Å². The SMILES string of the molecule is CC/C=C1/Cn2c(cc3c(F)c(F)ccc32)C(N)=C1C(=O)OCC. The summed E-state index contributed by atoms with van der Waals surface area (Å²) in [6, 6.07) is 4.09. The topological polar surface area (TPSA) is 57.2 Å². The molecule has 0 saturated heterocycles. The summed E-state index contributed by atoms with van der Waals surface area (Å²) >= 11 is 0. The fourth-order valence-electron chi connectivity index (χ4n) is 3.07. The van der Waals surface area contributed by atoms with Gasteiger partial charge in [0.05, 0.1) is 29.1 Å². The second-order valence-electron chi connectivity index (χ2n) is 5.56. The summed E-state index contributed by atoms with van der Waals surface area (Å²) in [5, 5.41) is 0.147. The zero-order chi connectivity index (χ0) is 17.4. The molecule has 1 aliphatic heterocycles. The molecule has 4 nitrogen and oxygen atoms in total. The van der Waals surface area contributed by atoms with Gasteiger partial charge in [-0.3, -0.25) is 0 Å². The van der Waals surface area contributed by atoms with E-state index in [1.807, 2.05) is 13.0 Å². The minimum atomic E-state index is -0.916. The molecule has 0 radical (unpaired) electrons. The van der Waals surface area contributed by atoms with Crippen LogP contribution in [0.15, 0.2) is 35.4 Å². The Kier molecular flexibility index (Phi) is 4.13. The highest BCUT2D eigenvalue weighted by molar-refractivity contribution is 6.03. The minimum Gasteiger partial charge on any atom is -0.462 e. The molecular formula is C18H18F2N2O2. The molecule has 1 aromatic heterocycles. The third-order valence-electron chi connectivity index (χ3n) is 4.10. The smallest absolute Gasteiger partial charge is 0.340 e. The number of nitrogens with two attached hydrogens (primary N) is 1. The van der Waals surface area contributed by atoms with Crippen molar-refractivity contribution in [3.05, 3.63) is 52.7 Å². The highest BCUT2D eigenvalue weighted by atomic mass is 19.2. The van der Waals surface area contributed by atoms with E-state index in [-0.39, 0.29) is 17.7 Å². The zero-order valence-electron chi connectivity index (χ0n) is 13.5. The second kappa shape index (κ2) is 6.11. The number of allylic oxidation sites excluding steroid dienone is 1. The van der Waals surface area contributed by atoms with Crippen LogP contribution in [0.1, 0.15) is 26.0 Å². The summed E-state index contributed by atoms with van der Waals surface area (Å²) in [5.41, 5.74) is 8.47. The van der Waals surface area contributed by atoms with Gasteiger partial charge in [0.25, 0.3) is 0 Å². The molecule has 0 spiro atoms. The number of benzene rings is 1. The van der Waals surface area contributed by atoms with E-state index in [4.69, 9.17) is 10.5 Å². The second-order valence-corrected chi connectivity index (χ2v) is 5.56. The van der Waals surface area contributed by atoms with Crippen molar-refractivity contribution in [1.29, 1.82) is 0 Å². The Morgan fingerprint density at radius 2 is 2.12 bits per heavy atom. The average Bonchev–Trinajstić information content (AvgIpc) is 2.91. The van der Waals surface area contributed by atoms with Gasteiger partial charge in [0.15, 0.2) is 11.6 Å². The van der Waals surface area contributed by atoms with Gasteiger partial charge >= 0.3 is 5.97 Å². The van der Waals surface area contributed by atoms with Crippen LogP contribution in [0, 0.1) is 11.6 Å². The van der Waals surface area contributed by atoms with Gasteiger partial charge in [-0.1, -0.05) is 13.0 Å². The molecule has 0 fully saturated rings. The van der Waals surface area contributed by atoms with Crippen LogP contribution < -0.4 is 5.73 Å². The van der Waals surface area contributed by atoms with Gasteiger partial charge in [0, 0.05) is 11.9 Å². The lowest BCUT2D eigenvalue weighted by Gasteiger charge is -2.23. The fourth-order valence-corrected chi connectivity index (χ4v) is 3.07. The number of hydrogen-bond acceptors (Lipinski definition) is 3. The van der Waals surface area contributed by atoms with Crippen molar-refractivity contribution in [2.24, 2.45) is 5.73 Å². The molecule has 0 amide bonds. The van der Waals surface area contributed by atoms with Crippen LogP contribution in [-0.2, 0) is 16.1 Å². The van der Waals surface area contributed by atoms with Gasteiger partial charge in [0.1, 0.15) is 0 Å². The average molecular weight is 332 g/mol. The molecule has 0 aliphatic carbocycles. The van der Waals surface area contributed by atoms with Gasteiger partial charge in [-0.05, 0) is 37.1 Å². The Labute approximate surface area is 138 Å². The number of carbonyl (C=O) groups excluding carboxylic acids is 1. The van der Waals surface area contributed by atoms with Crippen molar-refractivity contribution in [3.63, 3.8) is 0 Å². The van der Waals surface area contributed by atoms with E-state index in [2.05, 4.69) is 0 Å². The Morgan fingerprint density at radius 3 is 2.79 bits per heavy atom. The lowest BCUT2D eigenvalue weighted by Crippen LogP contribution is -2.23. The highest BCUT2D eigenvalue weighted by Gasteiger charge is 2.29. The van der Waals surface area contributed by atoms with Crippen LogP contribution in [0.4, 0.5) is 8.78 Å². The monoisotopic (exact) mass is 332 g/mol. The normalized spacial score (nSPS) is 15.9. The molecule has 126 valence electrons. The summed E-state index contributed by atoms with van der Waals surface area (Å²) in [6.07, 6.45) is 2.61. The number of rotatable bonds is 3. The molecule has 24 heavy (non-hydrogen) atoms. The summed E-state index contributed by atoms with van der Waals surface area (Å²) in [7, 11) is 0. The Morgan fingerprint density at radius 1 is 1.38 bits per heavy atom. The Bertz CT molecular complexity index is 894. The molecule has 6 heteroatoms. The Balaban J connectivity index is 2.28. The molecule has 0 saturated carbocycles. The zero-order valence-corrected chi connectivity index (χ0v) is 13.5. The van der Waals surface area contributed by atoms with E-state index in [1.165, 1.54) is 12.1 Å². The van der Waals surface area contributed by atoms with E-state index >= 15 is 0 Å². The van der Waals surface area contributed by atoms with Gasteiger partial charge < -0.3 is 15.0 Å². The number of hydrogen-bond donors (Lipinski definition) is 1. The third-order valence-corrected chi connectivity index (χ3v) is 4.10. The molecule has 2 N–H and O–H groups in total. The predicted molar refractivity (Wildman–Crippen MR) is 88.0 cm³/mol. The number of esters is 1. The summed E-state index contributed by atoms with van der Waals surface area (Å²) in [4.78, 5) is 12.3. The van der Waals surface area contributed by atoms with Gasteiger partial charge in [0.2, 0.25) is 0 Å². The lowest BCUT2D eigenvalue weighted by molar-refractivity contribution is -0.138. The van der Waals surface area contributed by atoms with E-state index in [9.17, 15) is 13.6 Å². The van der Waals surface area contributed by atoms with Crippen LogP contribution >= 0.6 is 0 Å².